The lowest BCUT2D eigenvalue weighted by Crippen LogP contribution is -2.42. The van der Waals surface area contributed by atoms with E-state index < -0.39 is 9.84 Å². The van der Waals surface area contributed by atoms with Gasteiger partial charge in [0.25, 0.3) is 5.56 Å². The monoisotopic (exact) mass is 559 g/mol. The van der Waals surface area contributed by atoms with E-state index in [9.17, 15) is 18.0 Å². The van der Waals surface area contributed by atoms with Crippen molar-refractivity contribution in [3.05, 3.63) is 50.1 Å². The second-order valence-corrected chi connectivity index (χ2v) is 14.6. The number of carbonyl (C=O) groups excluding carboxylic acids is 1. The van der Waals surface area contributed by atoms with Gasteiger partial charge in [0.2, 0.25) is 5.91 Å². The Morgan fingerprint density at radius 1 is 1.27 bits per heavy atom. The molecular weight excluding hydrogens is 527 g/mol. The van der Waals surface area contributed by atoms with E-state index in [-0.39, 0.29) is 34.8 Å². The number of benzene rings is 1. The summed E-state index contributed by atoms with van der Waals surface area (Å²) < 4.78 is 25.7. The Kier molecular flexibility index (Phi) is 7.28. The summed E-state index contributed by atoms with van der Waals surface area (Å²) in [7, 11) is -3.10. The fourth-order valence-corrected chi connectivity index (χ4v) is 9.56. The number of hydrogen-bond donors (Lipinski definition) is 0. The Morgan fingerprint density at radius 3 is 2.76 bits per heavy atom. The number of thiophene rings is 1. The molecule has 198 valence electrons. The van der Waals surface area contributed by atoms with Gasteiger partial charge in [-0.1, -0.05) is 30.8 Å². The van der Waals surface area contributed by atoms with Gasteiger partial charge in [0.05, 0.1) is 28.3 Å². The maximum Gasteiger partial charge on any atom is 0.267 e. The predicted molar refractivity (Wildman–Crippen MR) is 151 cm³/mol. The van der Waals surface area contributed by atoms with E-state index in [0.29, 0.717) is 24.0 Å². The molecule has 1 amide bonds. The summed E-state index contributed by atoms with van der Waals surface area (Å²) in [6, 6.07) is 5.74. The van der Waals surface area contributed by atoms with E-state index in [1.807, 2.05) is 39.0 Å². The van der Waals surface area contributed by atoms with E-state index in [4.69, 9.17) is 4.98 Å². The van der Waals surface area contributed by atoms with Crippen LogP contribution in [0.15, 0.2) is 28.2 Å². The topological polar surface area (TPSA) is 89.3 Å². The molecule has 0 saturated carbocycles. The molecule has 10 heteroatoms. The molecule has 0 bridgehead atoms. The third kappa shape index (κ3) is 5.12. The van der Waals surface area contributed by atoms with Gasteiger partial charge in [-0.2, -0.15) is 0 Å². The van der Waals surface area contributed by atoms with Gasteiger partial charge in [0.15, 0.2) is 15.0 Å². The van der Waals surface area contributed by atoms with Gasteiger partial charge < -0.3 is 4.90 Å². The Morgan fingerprint density at radius 2 is 2.05 bits per heavy atom. The highest BCUT2D eigenvalue weighted by Gasteiger charge is 2.34. The van der Waals surface area contributed by atoms with Crippen LogP contribution in [-0.4, -0.2) is 58.6 Å². The van der Waals surface area contributed by atoms with Crippen LogP contribution in [0.5, 0.6) is 0 Å². The first-order valence-corrected chi connectivity index (χ1v) is 16.5. The first-order chi connectivity index (χ1) is 17.6. The molecule has 3 heterocycles. The number of amides is 1. The van der Waals surface area contributed by atoms with E-state index >= 15 is 0 Å². The molecule has 1 fully saturated rings. The third-order valence-corrected chi connectivity index (χ3v) is 11.4. The zero-order valence-corrected chi connectivity index (χ0v) is 24.2. The van der Waals surface area contributed by atoms with Crippen LogP contribution in [-0.2, 0) is 27.5 Å². The fourth-order valence-electron chi connectivity index (χ4n) is 5.51. The summed E-state index contributed by atoms with van der Waals surface area (Å²) in [5, 5.41) is 1.22. The minimum absolute atomic E-state index is 0.0216. The highest BCUT2D eigenvalue weighted by atomic mass is 32.2. The van der Waals surface area contributed by atoms with Gasteiger partial charge in [0.1, 0.15) is 4.83 Å². The molecule has 1 aliphatic heterocycles. The number of nitrogens with zero attached hydrogens (tertiary/aromatic N) is 3. The lowest BCUT2D eigenvalue weighted by atomic mass is 9.89. The van der Waals surface area contributed by atoms with Crippen molar-refractivity contribution in [3.8, 4) is 5.69 Å². The zero-order valence-electron chi connectivity index (χ0n) is 21.7. The van der Waals surface area contributed by atoms with Gasteiger partial charge in [-0.05, 0) is 75.1 Å². The molecule has 5 rings (SSSR count). The summed E-state index contributed by atoms with van der Waals surface area (Å²) in [5.74, 6) is 0.701. The minimum atomic E-state index is -3.10. The van der Waals surface area contributed by atoms with Gasteiger partial charge >= 0.3 is 0 Å². The largest absolute Gasteiger partial charge is 0.338 e. The van der Waals surface area contributed by atoms with E-state index in [1.165, 1.54) is 16.6 Å². The van der Waals surface area contributed by atoms with Crippen molar-refractivity contribution < 1.29 is 13.2 Å². The lowest BCUT2D eigenvalue weighted by molar-refractivity contribution is -0.129. The molecule has 2 aliphatic rings. The fraction of sp³-hybridized carbons (Fsp3) is 0.519. The molecule has 7 nitrogen and oxygen atoms in total. The van der Waals surface area contributed by atoms with Crippen LogP contribution in [0.2, 0.25) is 0 Å². The van der Waals surface area contributed by atoms with Gasteiger partial charge in [-0.3, -0.25) is 14.2 Å². The highest BCUT2D eigenvalue weighted by molar-refractivity contribution is 7.99. The van der Waals surface area contributed by atoms with Crippen LogP contribution in [0.1, 0.15) is 48.3 Å². The zero-order chi connectivity index (χ0) is 26.5. The Bertz CT molecular complexity index is 1540. The molecule has 1 saturated heterocycles. The van der Waals surface area contributed by atoms with Gasteiger partial charge in [-0.25, -0.2) is 13.4 Å². The molecule has 0 spiro atoms. The van der Waals surface area contributed by atoms with E-state index in [1.54, 1.807) is 20.8 Å². The number of hydrogen-bond acceptors (Lipinski definition) is 7. The first-order valence-electron chi connectivity index (χ1n) is 12.9. The number of fused-ring (bicyclic) bond motifs is 3. The van der Waals surface area contributed by atoms with Gasteiger partial charge in [-0.15, -0.1) is 11.3 Å². The van der Waals surface area contributed by atoms with Crippen LogP contribution < -0.4 is 5.56 Å². The molecule has 2 atom stereocenters. The predicted octanol–water partition coefficient (Wildman–Crippen LogP) is 4.32. The van der Waals surface area contributed by atoms with Crippen molar-refractivity contribution >= 4 is 49.1 Å². The third-order valence-electron chi connectivity index (χ3n) is 7.54. The van der Waals surface area contributed by atoms with Crippen molar-refractivity contribution in [2.24, 2.45) is 5.92 Å². The first kappa shape index (κ1) is 26.4. The molecule has 1 aromatic carbocycles. The number of sulfone groups is 1. The van der Waals surface area contributed by atoms with Crippen molar-refractivity contribution in [2.75, 3.05) is 23.8 Å². The number of thioether (sulfide) groups is 1. The van der Waals surface area contributed by atoms with Crippen molar-refractivity contribution in [1.82, 2.24) is 14.5 Å². The average molecular weight is 560 g/mol. The molecule has 37 heavy (non-hydrogen) atoms. The van der Waals surface area contributed by atoms with Crippen LogP contribution in [0.4, 0.5) is 0 Å². The summed E-state index contributed by atoms with van der Waals surface area (Å²) in [5.41, 5.74) is 3.86. The number of aryl methyl sites for hydroxylation is 3. The number of carbonyl (C=O) groups is 1. The van der Waals surface area contributed by atoms with Crippen molar-refractivity contribution in [2.45, 2.75) is 64.6 Å². The smallest absolute Gasteiger partial charge is 0.267 e. The second-order valence-electron chi connectivity index (χ2n) is 10.4. The molecule has 2 aromatic heterocycles. The van der Waals surface area contributed by atoms with Crippen LogP contribution in [0, 0.1) is 19.8 Å². The molecule has 3 aromatic rings. The summed E-state index contributed by atoms with van der Waals surface area (Å²) >= 11 is 2.87. The molecule has 0 N–H and O–H groups in total. The van der Waals surface area contributed by atoms with Crippen LogP contribution >= 0.6 is 23.1 Å². The van der Waals surface area contributed by atoms with E-state index in [2.05, 4.69) is 6.92 Å². The SMILES string of the molecule is CCN(C(=O)CSc1nc2sc3c(c2c(=O)n1-c1cc(C)ccc1C)CC[C@@H](C)C3)[C@@H]1CCS(=O)(=O)C1. The standard InChI is InChI=1S/C27H33N3O4S3/c1-5-29(19-10-11-37(33,34)15-19)23(31)14-35-27-28-25-24(20-9-7-17(3)13-22(20)36-25)26(32)30(27)21-12-16(2)6-8-18(21)4/h6,8,12,17,19H,5,7,9-11,13-15H2,1-4H3/t17-,19-/m1/s1. The molecule has 0 unspecified atom stereocenters. The van der Waals surface area contributed by atoms with Crippen molar-refractivity contribution in [3.63, 3.8) is 0 Å². The highest BCUT2D eigenvalue weighted by Crippen LogP contribution is 2.37. The second kappa shape index (κ2) is 10.2. The minimum Gasteiger partial charge on any atom is -0.338 e. The lowest BCUT2D eigenvalue weighted by Gasteiger charge is -2.26. The quantitative estimate of drug-likeness (QED) is 0.330. The maximum absolute atomic E-state index is 14.1. The van der Waals surface area contributed by atoms with Crippen molar-refractivity contribution in [1.29, 1.82) is 0 Å². The molecule has 1 aliphatic carbocycles. The number of aromatic nitrogens is 2. The Labute approximate surface area is 226 Å². The van der Waals surface area contributed by atoms with Crippen LogP contribution in [0.25, 0.3) is 15.9 Å². The summed E-state index contributed by atoms with van der Waals surface area (Å²) in [6.07, 6.45) is 3.40. The average Bonchev–Trinajstić information content (AvgIpc) is 3.38. The van der Waals surface area contributed by atoms with Crippen LogP contribution in [0.3, 0.4) is 0 Å². The van der Waals surface area contributed by atoms with Gasteiger partial charge in [0, 0.05) is 17.5 Å². The normalized spacial score (nSPS) is 20.8. The Hall–Kier alpha value is -2.17. The van der Waals surface area contributed by atoms with E-state index in [0.717, 1.165) is 51.9 Å². The molecule has 0 radical (unpaired) electrons. The molecular formula is C27H33N3O4S3. The summed E-state index contributed by atoms with van der Waals surface area (Å²) in [6.45, 7) is 8.55. The number of rotatable bonds is 6. The Balaban J connectivity index is 1.55. The summed E-state index contributed by atoms with van der Waals surface area (Å²) in [4.78, 5) is 36.0. The maximum atomic E-state index is 14.1.